The molecule has 6 atom stereocenters. The van der Waals surface area contributed by atoms with Crippen molar-refractivity contribution in [1.82, 2.24) is 14.9 Å². The number of phenolic OH excluding ortho intramolecular Hbond substituents is 1. The van der Waals surface area contributed by atoms with E-state index in [1.165, 1.54) is 30.3 Å². The van der Waals surface area contributed by atoms with Gasteiger partial charge >= 0.3 is 27.3 Å². The van der Waals surface area contributed by atoms with Gasteiger partial charge in [-0.05, 0) is 54.2 Å². The Morgan fingerprint density at radius 3 is 2.32 bits per heavy atom. The number of phosphoric acid groups is 2. The third-order valence-corrected chi connectivity index (χ3v) is 11.8. The topological polar surface area (TPSA) is 337 Å². The Balaban J connectivity index is 0.885. The van der Waals surface area contributed by atoms with Crippen LogP contribution < -0.4 is 27.3 Å². The van der Waals surface area contributed by atoms with Gasteiger partial charge in [-0.2, -0.15) is 4.31 Å². The van der Waals surface area contributed by atoms with Crippen LogP contribution in [0.5, 0.6) is 5.75 Å². The molecule has 3 heterocycles. The molecular weight excluding hydrogens is 886 g/mol. The molecule has 1 aromatic heterocycles. The summed E-state index contributed by atoms with van der Waals surface area (Å²) >= 11 is 5.34. The Hall–Kier alpha value is -5.17. The lowest BCUT2D eigenvalue weighted by molar-refractivity contribution is -0.0543. The zero-order valence-electron chi connectivity index (χ0n) is 31.9. The number of hydrogen-bond donors (Lipinski definition) is 9. The second-order valence-corrected chi connectivity index (χ2v) is 16.7. The standard InChI is InChI=1S/C36H38N4O19P2S/c41-20-2-5-23-26(16-20)57-27-17-21(42)3-6-24(27)30(23)22-4-1-19(15-25(22)34(46)47)38-35(62)37-8-10-53-11-12-54-13-14-55-60(49,50)59-61(51,52)56-18-28-31(44)32(45)33(58-28)40-9-7-29(43)39-36(40)48/h1-7,9,15-17,28,31-33,41,44-45H,8,10-14,18H2,(H,46,47)(H,49,50)(H,51,52)(H2,37,38,62)(H,39,43,48). The Labute approximate surface area is 353 Å². The van der Waals surface area contributed by atoms with Crippen LogP contribution in [0, 0.1) is 0 Å². The number of hydrogen-bond acceptors (Lipinski definition) is 17. The summed E-state index contributed by atoms with van der Waals surface area (Å²) in [4.78, 5) is 69.6. The van der Waals surface area contributed by atoms with Gasteiger partial charge < -0.3 is 59.5 Å². The van der Waals surface area contributed by atoms with Crippen molar-refractivity contribution < 1.29 is 76.1 Å². The number of H-pyrrole nitrogens is 1. The van der Waals surface area contributed by atoms with Gasteiger partial charge in [0.2, 0.25) is 0 Å². The number of benzene rings is 3. The Kier molecular flexibility index (Phi) is 14.9. The molecule has 332 valence electrons. The molecule has 0 spiro atoms. The number of phenols is 1. The highest BCUT2D eigenvalue weighted by Crippen LogP contribution is 2.60. The molecule has 1 saturated heterocycles. The number of nitrogens with zero attached hydrogens (tertiary/aromatic N) is 1. The molecule has 2 aromatic carbocycles. The number of anilines is 1. The Bertz CT molecular complexity index is 2690. The summed E-state index contributed by atoms with van der Waals surface area (Å²) in [5, 5.41) is 47.2. The summed E-state index contributed by atoms with van der Waals surface area (Å²) in [7, 11) is -10.5. The van der Waals surface area contributed by atoms with Crippen molar-refractivity contribution in [3.05, 3.63) is 103 Å². The summed E-state index contributed by atoms with van der Waals surface area (Å²) in [6.45, 7) is -1.30. The number of carboxylic acids is 1. The molecule has 62 heavy (non-hydrogen) atoms. The second-order valence-electron chi connectivity index (χ2n) is 13.2. The van der Waals surface area contributed by atoms with Crippen LogP contribution in [0.15, 0.2) is 85.7 Å². The van der Waals surface area contributed by atoms with Gasteiger partial charge in [-0.15, -0.1) is 0 Å². The average molecular weight is 925 g/mol. The van der Waals surface area contributed by atoms with E-state index < -0.39 is 70.6 Å². The van der Waals surface area contributed by atoms with Crippen molar-refractivity contribution in [2.45, 2.75) is 24.5 Å². The van der Waals surface area contributed by atoms with Crippen molar-refractivity contribution in [1.29, 1.82) is 0 Å². The fraction of sp³-hybridized carbons (Fsp3) is 0.306. The molecule has 1 fully saturated rings. The first-order valence-electron chi connectivity index (χ1n) is 18.2. The molecule has 3 aliphatic rings. The quantitative estimate of drug-likeness (QED) is 0.0246. The third-order valence-electron chi connectivity index (χ3n) is 8.91. The van der Waals surface area contributed by atoms with Gasteiger partial charge in [-0.3, -0.25) is 28.2 Å². The predicted octanol–water partition coefficient (Wildman–Crippen LogP) is 1.71. The molecule has 2 aliphatic heterocycles. The van der Waals surface area contributed by atoms with E-state index in [1.54, 1.807) is 24.3 Å². The lowest BCUT2D eigenvalue weighted by atomic mass is 9.90. The van der Waals surface area contributed by atoms with Gasteiger partial charge in [-0.25, -0.2) is 18.7 Å². The van der Waals surface area contributed by atoms with Gasteiger partial charge in [0.15, 0.2) is 16.8 Å². The third kappa shape index (κ3) is 11.6. The molecule has 0 radical (unpaired) electrons. The number of aromatic hydroxyl groups is 1. The van der Waals surface area contributed by atoms with E-state index in [0.717, 1.165) is 16.8 Å². The van der Waals surface area contributed by atoms with Crippen molar-refractivity contribution in [3.63, 3.8) is 0 Å². The normalized spacial score (nSPS) is 19.5. The maximum Gasteiger partial charge on any atom is 0.481 e. The Morgan fingerprint density at radius 2 is 1.58 bits per heavy atom. The minimum atomic E-state index is -5.31. The molecule has 0 saturated carbocycles. The number of carboxylic acid groups (broad SMARTS) is 1. The minimum Gasteiger partial charge on any atom is -0.508 e. The molecule has 3 aromatic rings. The van der Waals surface area contributed by atoms with Crippen molar-refractivity contribution in [2.24, 2.45) is 0 Å². The summed E-state index contributed by atoms with van der Waals surface area (Å²) in [5.74, 6) is -1.10. The number of phosphoric ester groups is 2. The largest absolute Gasteiger partial charge is 0.508 e. The van der Waals surface area contributed by atoms with Crippen LogP contribution in [-0.2, 0) is 36.7 Å². The number of nitrogens with one attached hydrogen (secondary N) is 3. The van der Waals surface area contributed by atoms with Crippen LogP contribution in [0.2, 0.25) is 0 Å². The molecule has 26 heteroatoms. The van der Waals surface area contributed by atoms with Crippen LogP contribution in [0.3, 0.4) is 0 Å². The molecular formula is C36H38N4O19P2S. The fourth-order valence-electron chi connectivity index (χ4n) is 6.18. The molecule has 6 rings (SSSR count). The predicted molar refractivity (Wildman–Crippen MR) is 219 cm³/mol. The highest BCUT2D eigenvalue weighted by Gasteiger charge is 2.46. The Morgan fingerprint density at radius 1 is 0.871 bits per heavy atom. The van der Waals surface area contributed by atoms with Crippen LogP contribution in [0.4, 0.5) is 5.69 Å². The number of thiocarbonyl (C=S) groups is 1. The summed E-state index contributed by atoms with van der Waals surface area (Å²) in [5.41, 5.74) is -0.169. The highest BCUT2D eigenvalue weighted by molar-refractivity contribution is 7.80. The number of aliphatic hydroxyl groups is 2. The van der Waals surface area contributed by atoms with E-state index in [-0.39, 0.29) is 66.2 Å². The van der Waals surface area contributed by atoms with Crippen LogP contribution in [0.1, 0.15) is 16.6 Å². The van der Waals surface area contributed by atoms with E-state index in [4.69, 9.17) is 30.8 Å². The zero-order valence-corrected chi connectivity index (χ0v) is 34.5. The first-order valence-corrected chi connectivity index (χ1v) is 21.6. The second kappa shape index (κ2) is 19.9. The van der Waals surface area contributed by atoms with Crippen molar-refractivity contribution >= 4 is 55.6 Å². The molecule has 0 bridgehead atoms. The maximum atomic E-state index is 12.5. The number of ether oxygens (including phenoxy) is 3. The van der Waals surface area contributed by atoms with Gasteiger partial charge in [0, 0.05) is 53.1 Å². The van der Waals surface area contributed by atoms with E-state index >= 15 is 0 Å². The number of aromatic amines is 1. The SMILES string of the molecule is O=C(O)c1cc(NC(=S)NCCOCCOCCOP(=O)(O)OP(=O)(O)OCC2OC(n3ccc(=O)[nH]c3=O)C(O)C2O)ccc1-c1c2ccc(=O)cc-2oc2cc(O)ccc12. The lowest BCUT2D eigenvalue weighted by Crippen LogP contribution is -2.37. The molecule has 1 aliphatic carbocycles. The van der Waals surface area contributed by atoms with Gasteiger partial charge in [0.05, 0.1) is 45.2 Å². The number of aromatic carboxylic acids is 1. The molecule has 6 unspecified atom stereocenters. The van der Waals surface area contributed by atoms with E-state index in [1.807, 2.05) is 4.98 Å². The number of aromatic nitrogens is 2. The van der Waals surface area contributed by atoms with Gasteiger partial charge in [0.25, 0.3) is 5.56 Å². The highest BCUT2D eigenvalue weighted by atomic mass is 32.1. The maximum absolute atomic E-state index is 12.5. The van der Waals surface area contributed by atoms with Crippen LogP contribution in [-0.4, -0.2) is 115 Å². The number of rotatable bonds is 19. The van der Waals surface area contributed by atoms with Crippen molar-refractivity contribution in [3.8, 4) is 28.2 Å². The van der Waals surface area contributed by atoms with Crippen molar-refractivity contribution in [2.75, 3.05) is 51.5 Å². The molecule has 9 N–H and O–H groups in total. The fourth-order valence-corrected chi connectivity index (χ4v) is 8.46. The summed E-state index contributed by atoms with van der Waals surface area (Å²) in [6, 6.07) is 14.2. The van der Waals surface area contributed by atoms with E-state index in [2.05, 4.69) is 24.0 Å². The lowest BCUT2D eigenvalue weighted by Gasteiger charge is -2.19. The molecule has 23 nitrogen and oxygen atoms in total. The monoisotopic (exact) mass is 924 g/mol. The number of fused-ring (bicyclic) bond motifs is 2. The summed E-state index contributed by atoms with van der Waals surface area (Å²) < 4.78 is 60.6. The van der Waals surface area contributed by atoms with E-state index in [9.17, 15) is 58.5 Å². The number of carbonyl (C=O) groups is 1. The number of aliphatic hydroxyl groups excluding tert-OH is 2. The van der Waals surface area contributed by atoms with Gasteiger partial charge in [0.1, 0.15) is 35.4 Å². The average Bonchev–Trinajstić information content (AvgIpc) is 3.48. The molecule has 0 amide bonds. The van der Waals surface area contributed by atoms with E-state index in [0.29, 0.717) is 27.8 Å². The smallest absolute Gasteiger partial charge is 0.481 e. The first kappa shape index (κ1) is 46.3. The van der Waals surface area contributed by atoms with Crippen LogP contribution >= 0.6 is 27.9 Å². The first-order chi connectivity index (χ1) is 29.4. The zero-order chi connectivity index (χ0) is 44.8. The minimum absolute atomic E-state index is 0.00953. The van der Waals surface area contributed by atoms with Gasteiger partial charge in [-0.1, -0.05) is 6.07 Å². The summed E-state index contributed by atoms with van der Waals surface area (Å²) in [6.07, 6.45) is -5.49. The van der Waals surface area contributed by atoms with Crippen LogP contribution in [0.25, 0.3) is 33.4 Å².